The molecule has 0 amide bonds. The summed E-state index contributed by atoms with van der Waals surface area (Å²) >= 11 is 6.19. The number of hydrogen-bond donors (Lipinski definition) is 1. The van der Waals surface area contributed by atoms with Crippen LogP contribution in [0.4, 0.5) is 5.95 Å². The topological polar surface area (TPSA) is 63.1 Å². The summed E-state index contributed by atoms with van der Waals surface area (Å²) in [5.41, 5.74) is 7.44. The van der Waals surface area contributed by atoms with E-state index in [0.717, 1.165) is 38.6 Å². The molecule has 5 nitrogen and oxygen atoms in total. The quantitative estimate of drug-likeness (QED) is 0.294. The van der Waals surface area contributed by atoms with Gasteiger partial charge in [0.1, 0.15) is 0 Å². The van der Waals surface area contributed by atoms with Crippen molar-refractivity contribution in [2.45, 2.75) is 0 Å². The number of benzene rings is 3. The molecule has 1 N–H and O–H groups in total. The smallest absolute Gasteiger partial charge is 0.244 e. The van der Waals surface area contributed by atoms with Gasteiger partial charge in [-0.1, -0.05) is 54.1 Å². The highest BCUT2D eigenvalue weighted by Crippen LogP contribution is 2.29. The number of nitrogens with one attached hydrogen (secondary N) is 1. The molecule has 0 unspecified atom stereocenters. The standard InChI is InChI=1S/C24H16ClN5/c25-19-9-10-20-22(14-19)28-24(29-23(20)17-5-2-1-3-6-17)30-27-15-16-8-11-21-18(13-16)7-4-12-26-21/h1-15H,(H,28,29,30). The molecule has 144 valence electrons. The van der Waals surface area contributed by atoms with Crippen LogP contribution in [0.1, 0.15) is 5.56 Å². The normalized spacial score (nSPS) is 11.4. The highest BCUT2D eigenvalue weighted by molar-refractivity contribution is 6.31. The lowest BCUT2D eigenvalue weighted by molar-refractivity contribution is 1.16. The van der Waals surface area contributed by atoms with Crippen LogP contribution in [0.2, 0.25) is 5.02 Å². The fraction of sp³-hybridized carbons (Fsp3) is 0. The first kappa shape index (κ1) is 18.2. The summed E-state index contributed by atoms with van der Waals surface area (Å²) in [6.07, 6.45) is 3.52. The summed E-state index contributed by atoms with van der Waals surface area (Å²) in [5.74, 6) is 0.405. The van der Waals surface area contributed by atoms with Crippen molar-refractivity contribution in [1.29, 1.82) is 0 Å². The number of aromatic nitrogens is 3. The number of halogens is 1. The first-order chi connectivity index (χ1) is 14.8. The third kappa shape index (κ3) is 3.71. The third-order valence-corrected chi connectivity index (χ3v) is 4.95. The van der Waals surface area contributed by atoms with Crippen LogP contribution < -0.4 is 5.43 Å². The van der Waals surface area contributed by atoms with Crippen LogP contribution in [0.25, 0.3) is 33.1 Å². The van der Waals surface area contributed by atoms with Crippen molar-refractivity contribution in [3.05, 3.63) is 95.6 Å². The predicted molar refractivity (Wildman–Crippen MR) is 123 cm³/mol. The van der Waals surface area contributed by atoms with E-state index in [4.69, 9.17) is 16.6 Å². The molecule has 0 spiro atoms. The Labute approximate surface area is 178 Å². The maximum Gasteiger partial charge on any atom is 0.244 e. The van der Waals surface area contributed by atoms with E-state index in [1.54, 1.807) is 12.4 Å². The largest absolute Gasteiger partial charge is 0.256 e. The van der Waals surface area contributed by atoms with Crippen molar-refractivity contribution in [3.8, 4) is 11.3 Å². The molecular weight excluding hydrogens is 394 g/mol. The Balaban J connectivity index is 1.49. The van der Waals surface area contributed by atoms with Crippen LogP contribution in [-0.4, -0.2) is 21.2 Å². The van der Waals surface area contributed by atoms with Gasteiger partial charge in [-0.05, 0) is 42.0 Å². The Morgan fingerprint density at radius 2 is 1.73 bits per heavy atom. The van der Waals surface area contributed by atoms with E-state index < -0.39 is 0 Å². The van der Waals surface area contributed by atoms with Gasteiger partial charge in [0.15, 0.2) is 0 Å². The van der Waals surface area contributed by atoms with Gasteiger partial charge >= 0.3 is 0 Å². The number of anilines is 1. The van der Waals surface area contributed by atoms with E-state index >= 15 is 0 Å². The average molecular weight is 410 g/mol. The van der Waals surface area contributed by atoms with Gasteiger partial charge in [-0.15, -0.1) is 0 Å². The van der Waals surface area contributed by atoms with Crippen molar-refractivity contribution >= 4 is 45.6 Å². The lowest BCUT2D eigenvalue weighted by Crippen LogP contribution is -2.00. The molecule has 30 heavy (non-hydrogen) atoms. The van der Waals surface area contributed by atoms with Gasteiger partial charge in [0.25, 0.3) is 0 Å². The van der Waals surface area contributed by atoms with Crippen molar-refractivity contribution in [3.63, 3.8) is 0 Å². The molecule has 2 heterocycles. The van der Waals surface area contributed by atoms with Crippen molar-refractivity contribution in [1.82, 2.24) is 15.0 Å². The van der Waals surface area contributed by atoms with Gasteiger partial charge in [0.05, 0.1) is 22.9 Å². The molecule has 0 bridgehead atoms. The molecule has 0 saturated carbocycles. The maximum atomic E-state index is 6.19. The van der Waals surface area contributed by atoms with Gasteiger partial charge in [0, 0.05) is 27.6 Å². The van der Waals surface area contributed by atoms with Gasteiger partial charge in [-0.2, -0.15) is 5.10 Å². The second-order valence-electron chi connectivity index (χ2n) is 6.75. The third-order valence-electron chi connectivity index (χ3n) is 4.71. The Kier molecular flexibility index (Phi) is 4.79. The summed E-state index contributed by atoms with van der Waals surface area (Å²) < 4.78 is 0. The second kappa shape index (κ2) is 7.89. The van der Waals surface area contributed by atoms with E-state index in [1.165, 1.54) is 0 Å². The van der Waals surface area contributed by atoms with Gasteiger partial charge in [0.2, 0.25) is 5.95 Å². The minimum atomic E-state index is 0.405. The Bertz CT molecular complexity index is 1380. The summed E-state index contributed by atoms with van der Waals surface area (Å²) in [7, 11) is 0. The summed E-state index contributed by atoms with van der Waals surface area (Å²) in [6.45, 7) is 0. The number of rotatable bonds is 4. The molecule has 0 fully saturated rings. The van der Waals surface area contributed by atoms with Crippen molar-refractivity contribution in [2.75, 3.05) is 5.43 Å². The van der Waals surface area contributed by atoms with Crippen LogP contribution >= 0.6 is 11.6 Å². The van der Waals surface area contributed by atoms with Gasteiger partial charge in [-0.3, -0.25) is 4.98 Å². The second-order valence-corrected chi connectivity index (χ2v) is 7.19. The van der Waals surface area contributed by atoms with E-state index in [-0.39, 0.29) is 0 Å². The molecular formula is C24H16ClN5. The zero-order valence-electron chi connectivity index (χ0n) is 15.8. The maximum absolute atomic E-state index is 6.19. The zero-order valence-corrected chi connectivity index (χ0v) is 16.6. The monoisotopic (exact) mass is 409 g/mol. The summed E-state index contributed by atoms with van der Waals surface area (Å²) in [6, 6.07) is 25.5. The molecule has 2 aromatic heterocycles. The van der Waals surface area contributed by atoms with Crippen LogP contribution in [0.15, 0.2) is 90.2 Å². The first-order valence-corrected chi connectivity index (χ1v) is 9.81. The van der Waals surface area contributed by atoms with Crippen molar-refractivity contribution < 1.29 is 0 Å². The van der Waals surface area contributed by atoms with Crippen LogP contribution in [0.3, 0.4) is 0 Å². The number of fused-ring (bicyclic) bond motifs is 2. The molecule has 5 rings (SSSR count). The number of pyridine rings is 1. The SMILES string of the molecule is Clc1ccc2c(-c3ccccc3)nc(NN=Cc3ccc4ncccc4c3)nc2c1. The number of hydrazone groups is 1. The van der Waals surface area contributed by atoms with E-state index in [0.29, 0.717) is 11.0 Å². The Morgan fingerprint density at radius 1 is 0.833 bits per heavy atom. The van der Waals surface area contributed by atoms with E-state index in [2.05, 4.69) is 20.5 Å². The highest BCUT2D eigenvalue weighted by atomic mass is 35.5. The van der Waals surface area contributed by atoms with Crippen molar-refractivity contribution in [2.24, 2.45) is 5.10 Å². The number of nitrogens with zero attached hydrogens (tertiary/aromatic N) is 4. The molecule has 0 aliphatic rings. The molecule has 3 aromatic carbocycles. The fourth-order valence-corrected chi connectivity index (χ4v) is 3.47. The highest BCUT2D eigenvalue weighted by Gasteiger charge is 2.10. The molecule has 0 radical (unpaired) electrons. The summed E-state index contributed by atoms with van der Waals surface area (Å²) in [5, 5.41) is 6.95. The van der Waals surface area contributed by atoms with Crippen LogP contribution in [-0.2, 0) is 0 Å². The molecule has 6 heteroatoms. The lowest BCUT2D eigenvalue weighted by Gasteiger charge is -2.09. The zero-order chi connectivity index (χ0) is 20.3. The Hall–Kier alpha value is -3.83. The molecule has 0 aliphatic heterocycles. The molecule has 0 atom stereocenters. The molecule has 5 aromatic rings. The van der Waals surface area contributed by atoms with Crippen LogP contribution in [0, 0.1) is 0 Å². The van der Waals surface area contributed by atoms with E-state index in [9.17, 15) is 0 Å². The Morgan fingerprint density at radius 3 is 2.63 bits per heavy atom. The minimum Gasteiger partial charge on any atom is -0.256 e. The number of hydrogen-bond acceptors (Lipinski definition) is 5. The molecule has 0 aliphatic carbocycles. The van der Waals surface area contributed by atoms with Gasteiger partial charge < -0.3 is 0 Å². The van der Waals surface area contributed by atoms with E-state index in [1.807, 2.05) is 78.9 Å². The van der Waals surface area contributed by atoms with Gasteiger partial charge in [-0.25, -0.2) is 15.4 Å². The predicted octanol–water partition coefficient (Wildman–Crippen LogP) is 5.94. The lowest BCUT2D eigenvalue weighted by atomic mass is 10.1. The molecule has 0 saturated heterocycles. The van der Waals surface area contributed by atoms with Crippen LogP contribution in [0.5, 0.6) is 0 Å². The minimum absolute atomic E-state index is 0.405. The average Bonchev–Trinajstić information content (AvgIpc) is 2.79. The fourth-order valence-electron chi connectivity index (χ4n) is 3.31. The first-order valence-electron chi connectivity index (χ1n) is 9.43. The summed E-state index contributed by atoms with van der Waals surface area (Å²) in [4.78, 5) is 13.6.